The van der Waals surface area contributed by atoms with Crippen LogP contribution in [0.3, 0.4) is 0 Å². The molecule has 1 atom stereocenters. The number of aryl methyl sites for hydroxylation is 1. The molecule has 0 saturated heterocycles. The van der Waals surface area contributed by atoms with Crippen LogP contribution < -0.4 is 5.32 Å². The molecule has 130 valence electrons. The Kier molecular flexibility index (Phi) is 5.56. The van der Waals surface area contributed by atoms with E-state index in [-0.39, 0.29) is 6.04 Å². The number of benzene rings is 1. The van der Waals surface area contributed by atoms with E-state index in [1.807, 2.05) is 42.5 Å². The molecule has 0 aliphatic heterocycles. The predicted molar refractivity (Wildman–Crippen MR) is 103 cm³/mol. The zero-order valence-electron chi connectivity index (χ0n) is 14.4. The second kappa shape index (κ2) is 8.03. The lowest BCUT2D eigenvalue weighted by Crippen LogP contribution is -2.36. The fraction of sp³-hybridized carbons (Fsp3) is 0.250. The Morgan fingerprint density at radius 3 is 2.52 bits per heavy atom. The van der Waals surface area contributed by atoms with Crippen LogP contribution in [0.5, 0.6) is 0 Å². The number of nitrogens with zero attached hydrogens (tertiary/aromatic N) is 1. The van der Waals surface area contributed by atoms with Gasteiger partial charge in [0, 0.05) is 5.69 Å². The summed E-state index contributed by atoms with van der Waals surface area (Å²) >= 11 is 5.72. The van der Waals surface area contributed by atoms with Crippen LogP contribution in [0.25, 0.3) is 0 Å². The molecule has 0 radical (unpaired) electrons. The summed E-state index contributed by atoms with van der Waals surface area (Å²) in [5, 5.41) is 4.03. The van der Waals surface area contributed by atoms with Crippen LogP contribution in [0.1, 0.15) is 37.0 Å². The smallest absolute Gasteiger partial charge is 0.174 e. The van der Waals surface area contributed by atoms with E-state index < -0.39 is 0 Å². The Morgan fingerprint density at radius 1 is 1.08 bits per heavy atom. The van der Waals surface area contributed by atoms with E-state index in [0.29, 0.717) is 11.7 Å². The molecule has 0 bridgehead atoms. The van der Waals surface area contributed by atoms with Crippen LogP contribution in [0.2, 0.25) is 0 Å². The fourth-order valence-corrected chi connectivity index (χ4v) is 3.11. The van der Waals surface area contributed by atoms with Crippen molar-refractivity contribution in [1.82, 2.24) is 4.90 Å². The van der Waals surface area contributed by atoms with Crippen molar-refractivity contribution in [2.24, 2.45) is 0 Å². The van der Waals surface area contributed by atoms with Gasteiger partial charge in [-0.25, -0.2) is 0 Å². The van der Waals surface area contributed by atoms with Gasteiger partial charge < -0.3 is 19.1 Å². The predicted octanol–water partition coefficient (Wildman–Crippen LogP) is 5.40. The van der Waals surface area contributed by atoms with Crippen molar-refractivity contribution in [3.63, 3.8) is 0 Å². The Morgan fingerprint density at radius 2 is 1.84 bits per heavy atom. The Labute approximate surface area is 153 Å². The van der Waals surface area contributed by atoms with E-state index in [0.717, 1.165) is 23.6 Å². The largest absolute Gasteiger partial charge is 0.467 e. The number of anilines is 1. The lowest BCUT2D eigenvalue weighted by atomic mass is 10.1. The van der Waals surface area contributed by atoms with Crippen molar-refractivity contribution in [1.29, 1.82) is 0 Å². The summed E-state index contributed by atoms with van der Waals surface area (Å²) < 4.78 is 11.1. The second-order valence-electron chi connectivity index (χ2n) is 5.84. The Hall–Kier alpha value is -2.53. The molecule has 25 heavy (non-hydrogen) atoms. The van der Waals surface area contributed by atoms with E-state index in [2.05, 4.69) is 30.1 Å². The molecule has 1 aromatic carbocycles. The standard InChI is InChI=1S/C20H22N2O2S/c1-3-16-8-4-5-10-18(16)21-20(25)22(14-17-9-6-12-23-17)15(2)19-11-7-13-24-19/h4-13,15H,3,14H2,1-2H3,(H,21,25)/t15-/m0/s1. The molecular formula is C20H22N2O2S. The topological polar surface area (TPSA) is 41.5 Å². The van der Waals surface area contributed by atoms with Gasteiger partial charge in [0.25, 0.3) is 0 Å². The van der Waals surface area contributed by atoms with Crippen LogP contribution in [0, 0.1) is 0 Å². The number of hydrogen-bond acceptors (Lipinski definition) is 3. The van der Waals surface area contributed by atoms with Crippen molar-refractivity contribution < 1.29 is 8.83 Å². The molecule has 2 aromatic heterocycles. The summed E-state index contributed by atoms with van der Waals surface area (Å²) in [6.45, 7) is 4.77. The van der Waals surface area contributed by atoms with E-state index >= 15 is 0 Å². The maximum atomic E-state index is 5.72. The minimum absolute atomic E-state index is 0.0195. The third-order valence-electron chi connectivity index (χ3n) is 4.23. The molecule has 5 heteroatoms. The first-order valence-corrected chi connectivity index (χ1v) is 8.81. The highest BCUT2D eigenvalue weighted by molar-refractivity contribution is 7.80. The van der Waals surface area contributed by atoms with Crippen molar-refractivity contribution in [3.05, 3.63) is 78.1 Å². The van der Waals surface area contributed by atoms with Gasteiger partial charge in [-0.05, 0) is 61.5 Å². The van der Waals surface area contributed by atoms with Gasteiger partial charge in [0.2, 0.25) is 0 Å². The summed E-state index contributed by atoms with van der Waals surface area (Å²) in [5.41, 5.74) is 2.26. The van der Waals surface area contributed by atoms with Gasteiger partial charge in [0.05, 0.1) is 25.1 Å². The average Bonchev–Trinajstić information content (AvgIpc) is 3.33. The molecule has 4 nitrogen and oxygen atoms in total. The monoisotopic (exact) mass is 354 g/mol. The molecule has 0 amide bonds. The molecule has 0 unspecified atom stereocenters. The van der Waals surface area contributed by atoms with Gasteiger partial charge in [-0.2, -0.15) is 0 Å². The van der Waals surface area contributed by atoms with Gasteiger partial charge in [0.1, 0.15) is 11.5 Å². The van der Waals surface area contributed by atoms with Crippen molar-refractivity contribution in [3.8, 4) is 0 Å². The summed E-state index contributed by atoms with van der Waals surface area (Å²) in [7, 11) is 0. The first-order valence-electron chi connectivity index (χ1n) is 8.40. The lowest BCUT2D eigenvalue weighted by molar-refractivity contribution is 0.269. The number of rotatable bonds is 6. The first-order chi connectivity index (χ1) is 12.2. The van der Waals surface area contributed by atoms with Gasteiger partial charge in [0.15, 0.2) is 5.11 Å². The fourth-order valence-electron chi connectivity index (χ4n) is 2.78. The maximum absolute atomic E-state index is 5.72. The molecule has 2 heterocycles. The van der Waals surface area contributed by atoms with Gasteiger partial charge in [-0.1, -0.05) is 25.1 Å². The van der Waals surface area contributed by atoms with E-state index in [9.17, 15) is 0 Å². The molecule has 0 aliphatic rings. The van der Waals surface area contributed by atoms with Crippen LogP contribution >= 0.6 is 12.2 Å². The van der Waals surface area contributed by atoms with Crippen LogP contribution in [-0.2, 0) is 13.0 Å². The minimum atomic E-state index is -0.0195. The zero-order chi connectivity index (χ0) is 17.6. The number of hydrogen-bond donors (Lipinski definition) is 1. The number of furan rings is 2. The van der Waals surface area contributed by atoms with Crippen LogP contribution in [0.15, 0.2) is 69.9 Å². The van der Waals surface area contributed by atoms with Crippen molar-refractivity contribution in [2.75, 3.05) is 5.32 Å². The van der Waals surface area contributed by atoms with Crippen LogP contribution in [-0.4, -0.2) is 10.0 Å². The van der Waals surface area contributed by atoms with Crippen molar-refractivity contribution >= 4 is 23.0 Å². The Balaban J connectivity index is 1.83. The molecule has 0 aliphatic carbocycles. The summed E-state index contributed by atoms with van der Waals surface area (Å²) in [5.74, 6) is 1.71. The van der Waals surface area contributed by atoms with E-state index in [1.54, 1.807) is 12.5 Å². The minimum Gasteiger partial charge on any atom is -0.467 e. The van der Waals surface area contributed by atoms with E-state index in [1.165, 1.54) is 5.56 Å². The zero-order valence-corrected chi connectivity index (χ0v) is 15.3. The SMILES string of the molecule is CCc1ccccc1NC(=S)N(Cc1ccco1)[C@@H](C)c1ccco1. The second-order valence-corrected chi connectivity index (χ2v) is 6.23. The molecule has 1 N–H and O–H groups in total. The quantitative estimate of drug-likeness (QED) is 0.601. The molecule has 0 saturated carbocycles. The maximum Gasteiger partial charge on any atom is 0.174 e. The van der Waals surface area contributed by atoms with E-state index in [4.69, 9.17) is 21.1 Å². The molecule has 3 rings (SSSR count). The first kappa shape index (κ1) is 17.3. The summed E-state index contributed by atoms with van der Waals surface area (Å²) in [6.07, 6.45) is 4.30. The highest BCUT2D eigenvalue weighted by atomic mass is 32.1. The molecule has 0 spiro atoms. The molecule has 0 fully saturated rings. The summed E-state index contributed by atoms with van der Waals surface area (Å²) in [4.78, 5) is 2.07. The normalized spacial score (nSPS) is 11.9. The lowest BCUT2D eigenvalue weighted by Gasteiger charge is -2.30. The average molecular weight is 354 g/mol. The van der Waals surface area contributed by atoms with Gasteiger partial charge in [-0.15, -0.1) is 0 Å². The third-order valence-corrected chi connectivity index (χ3v) is 4.57. The number of para-hydroxylation sites is 1. The number of thiocarbonyl (C=S) groups is 1. The molecule has 3 aromatic rings. The van der Waals surface area contributed by atoms with Crippen LogP contribution in [0.4, 0.5) is 5.69 Å². The van der Waals surface area contributed by atoms with Crippen molar-refractivity contribution in [2.45, 2.75) is 32.9 Å². The van der Waals surface area contributed by atoms with Gasteiger partial charge in [-0.3, -0.25) is 0 Å². The highest BCUT2D eigenvalue weighted by Gasteiger charge is 2.22. The highest BCUT2D eigenvalue weighted by Crippen LogP contribution is 2.25. The third kappa shape index (κ3) is 4.12. The number of nitrogens with one attached hydrogen (secondary N) is 1. The summed E-state index contributed by atoms with van der Waals surface area (Å²) in [6, 6.07) is 15.9. The van der Waals surface area contributed by atoms with Gasteiger partial charge >= 0.3 is 0 Å². The molecular weight excluding hydrogens is 332 g/mol. The Bertz CT molecular complexity index is 797.